The van der Waals surface area contributed by atoms with Crippen molar-refractivity contribution in [2.75, 3.05) is 12.4 Å². The Morgan fingerprint density at radius 1 is 1.35 bits per heavy atom. The Morgan fingerprint density at radius 2 is 2.09 bits per heavy atom. The minimum Gasteiger partial charge on any atom is -0.377 e. The number of benzene rings is 1. The number of nitrogens with zero attached hydrogens (tertiary/aromatic N) is 3. The smallest absolute Gasteiger partial charge is 0.377 e. The molecule has 0 bridgehead atoms. The van der Waals surface area contributed by atoms with E-state index in [9.17, 15) is 13.2 Å². The molecule has 1 aromatic carbocycles. The zero-order chi connectivity index (χ0) is 17.0. The largest absolute Gasteiger partial charge is 0.433 e. The molecule has 2 aromatic rings. The summed E-state index contributed by atoms with van der Waals surface area (Å²) in [7, 11) is 1.31. The third-order valence-electron chi connectivity index (χ3n) is 3.12. The van der Waals surface area contributed by atoms with Crippen molar-refractivity contribution in [2.45, 2.75) is 19.2 Å². The zero-order valence-electron chi connectivity index (χ0n) is 12.3. The summed E-state index contributed by atoms with van der Waals surface area (Å²) in [6, 6.07) is 8.22. The number of ether oxygens (including phenoxy) is 1. The summed E-state index contributed by atoms with van der Waals surface area (Å²) in [6.45, 7) is 1.48. The van der Waals surface area contributed by atoms with Crippen molar-refractivity contribution in [1.82, 2.24) is 9.97 Å². The topological polar surface area (TPSA) is 70.8 Å². The van der Waals surface area contributed by atoms with E-state index in [1.54, 1.807) is 18.2 Å². The van der Waals surface area contributed by atoms with Crippen LogP contribution in [0.2, 0.25) is 0 Å². The van der Waals surface area contributed by atoms with E-state index in [1.165, 1.54) is 20.1 Å². The van der Waals surface area contributed by atoms with Crippen LogP contribution in [0.3, 0.4) is 0 Å². The molecule has 0 radical (unpaired) electrons. The fourth-order valence-electron chi connectivity index (χ4n) is 1.90. The Hall–Kier alpha value is -2.66. The number of nitriles is 1. The van der Waals surface area contributed by atoms with Gasteiger partial charge < -0.3 is 10.1 Å². The number of nitrogens with one attached hydrogen (secondary N) is 1. The summed E-state index contributed by atoms with van der Waals surface area (Å²) >= 11 is 0. The van der Waals surface area contributed by atoms with Gasteiger partial charge in [0.15, 0.2) is 5.69 Å². The highest BCUT2D eigenvalue weighted by atomic mass is 19.4. The molecule has 8 heteroatoms. The molecule has 0 aliphatic heterocycles. The number of anilines is 2. The number of rotatable bonds is 4. The maximum Gasteiger partial charge on any atom is 0.433 e. The second-order valence-electron chi connectivity index (χ2n) is 4.69. The van der Waals surface area contributed by atoms with Gasteiger partial charge in [0, 0.05) is 24.6 Å². The van der Waals surface area contributed by atoms with Gasteiger partial charge in [-0.1, -0.05) is 6.07 Å². The Morgan fingerprint density at radius 3 is 2.70 bits per heavy atom. The lowest BCUT2D eigenvalue weighted by Gasteiger charge is -2.17. The molecule has 0 spiro atoms. The molecule has 5 nitrogen and oxygen atoms in total. The van der Waals surface area contributed by atoms with Crippen LogP contribution in [-0.4, -0.2) is 17.1 Å². The molecular formula is C15H13F3N4O. The summed E-state index contributed by atoms with van der Waals surface area (Å²) in [5.41, 5.74) is -0.405. The van der Waals surface area contributed by atoms with Gasteiger partial charge in [-0.15, -0.1) is 0 Å². The van der Waals surface area contributed by atoms with Crippen LogP contribution in [0.1, 0.15) is 29.8 Å². The molecule has 0 aliphatic rings. The van der Waals surface area contributed by atoms with E-state index in [0.717, 1.165) is 6.20 Å². The predicted molar refractivity (Wildman–Crippen MR) is 76.9 cm³/mol. The fraction of sp³-hybridized carbons (Fsp3) is 0.267. The average Bonchev–Trinajstić information content (AvgIpc) is 2.53. The number of aromatic nitrogens is 2. The lowest BCUT2D eigenvalue weighted by Crippen LogP contribution is -2.16. The van der Waals surface area contributed by atoms with Crippen molar-refractivity contribution in [1.29, 1.82) is 5.26 Å². The highest BCUT2D eigenvalue weighted by Gasteiger charge is 2.37. The van der Waals surface area contributed by atoms with Crippen molar-refractivity contribution in [3.05, 3.63) is 47.3 Å². The van der Waals surface area contributed by atoms with Crippen molar-refractivity contribution in [3.8, 4) is 6.07 Å². The van der Waals surface area contributed by atoms with E-state index in [4.69, 9.17) is 10.00 Å². The lowest BCUT2D eigenvalue weighted by molar-refractivity contribution is -0.142. The molecule has 1 N–H and O–H groups in total. The predicted octanol–water partition coefficient (Wildman–Crippen LogP) is 3.82. The van der Waals surface area contributed by atoms with Crippen LogP contribution in [0.4, 0.5) is 24.8 Å². The molecule has 1 heterocycles. The van der Waals surface area contributed by atoms with E-state index in [0.29, 0.717) is 11.3 Å². The number of hydrogen-bond acceptors (Lipinski definition) is 5. The van der Waals surface area contributed by atoms with Crippen molar-refractivity contribution in [2.24, 2.45) is 0 Å². The van der Waals surface area contributed by atoms with Gasteiger partial charge in [-0.3, -0.25) is 0 Å². The van der Waals surface area contributed by atoms with Gasteiger partial charge in [0.2, 0.25) is 5.95 Å². The monoisotopic (exact) mass is 322 g/mol. The number of hydrogen-bond donors (Lipinski definition) is 1. The van der Waals surface area contributed by atoms with Gasteiger partial charge in [-0.25, -0.2) is 9.97 Å². The quantitative estimate of drug-likeness (QED) is 0.926. The first-order valence-corrected chi connectivity index (χ1v) is 6.59. The maximum absolute atomic E-state index is 13.2. The fourth-order valence-corrected chi connectivity index (χ4v) is 1.90. The van der Waals surface area contributed by atoms with Crippen molar-refractivity contribution in [3.63, 3.8) is 0 Å². The SMILES string of the molecule is COC(C)c1cnc(Nc2cccc(C#N)c2)nc1C(F)(F)F. The summed E-state index contributed by atoms with van der Waals surface area (Å²) in [4.78, 5) is 7.44. The van der Waals surface area contributed by atoms with Gasteiger partial charge in [-0.05, 0) is 25.1 Å². The molecule has 0 saturated heterocycles. The average molecular weight is 322 g/mol. The van der Waals surface area contributed by atoms with Crippen LogP contribution in [-0.2, 0) is 10.9 Å². The summed E-state index contributed by atoms with van der Waals surface area (Å²) in [5, 5.41) is 11.5. The van der Waals surface area contributed by atoms with Crippen LogP contribution in [0.15, 0.2) is 30.5 Å². The molecule has 23 heavy (non-hydrogen) atoms. The number of methoxy groups -OCH3 is 1. The standard InChI is InChI=1S/C15H13F3N4O/c1-9(23-2)12-8-20-14(22-13(12)15(16,17)18)21-11-5-3-4-10(6-11)7-19/h3-6,8-9H,1-2H3,(H,20,21,22). The van der Waals surface area contributed by atoms with Crippen LogP contribution in [0.25, 0.3) is 0 Å². The summed E-state index contributed by atoms with van der Waals surface area (Å²) in [5.74, 6) is -0.209. The van der Waals surface area contributed by atoms with E-state index in [1.807, 2.05) is 6.07 Å². The van der Waals surface area contributed by atoms with Gasteiger partial charge in [0.1, 0.15) is 0 Å². The molecule has 1 atom stereocenters. The van der Waals surface area contributed by atoms with Gasteiger partial charge in [0.25, 0.3) is 0 Å². The summed E-state index contributed by atoms with van der Waals surface area (Å²) < 4.78 is 44.4. The second-order valence-corrected chi connectivity index (χ2v) is 4.69. The first-order chi connectivity index (χ1) is 10.8. The molecular weight excluding hydrogens is 309 g/mol. The molecule has 1 unspecified atom stereocenters. The van der Waals surface area contributed by atoms with Crippen molar-refractivity contribution >= 4 is 11.6 Å². The number of alkyl halides is 3. The molecule has 0 fully saturated rings. The molecule has 1 aromatic heterocycles. The Labute approximate surface area is 130 Å². The Bertz CT molecular complexity index is 740. The normalized spacial score (nSPS) is 12.5. The van der Waals surface area contributed by atoms with E-state index < -0.39 is 18.0 Å². The first-order valence-electron chi connectivity index (χ1n) is 6.59. The van der Waals surface area contributed by atoms with Crippen molar-refractivity contribution < 1.29 is 17.9 Å². The highest BCUT2D eigenvalue weighted by molar-refractivity contribution is 5.56. The third-order valence-corrected chi connectivity index (χ3v) is 3.12. The second kappa shape index (κ2) is 6.62. The van der Waals surface area contributed by atoms with Gasteiger partial charge >= 0.3 is 6.18 Å². The van der Waals surface area contributed by atoms with E-state index in [-0.39, 0.29) is 11.5 Å². The molecule has 0 saturated carbocycles. The van der Waals surface area contributed by atoms with Crippen LogP contribution < -0.4 is 5.32 Å². The molecule has 0 amide bonds. The van der Waals surface area contributed by atoms with E-state index >= 15 is 0 Å². The van der Waals surface area contributed by atoms with Gasteiger partial charge in [0.05, 0.1) is 17.7 Å². The Balaban J connectivity index is 2.39. The first kappa shape index (κ1) is 16.7. The van der Waals surface area contributed by atoms with Gasteiger partial charge in [-0.2, -0.15) is 18.4 Å². The molecule has 120 valence electrons. The Kier molecular flexibility index (Phi) is 4.81. The zero-order valence-corrected chi connectivity index (χ0v) is 12.3. The van der Waals surface area contributed by atoms with Crippen LogP contribution in [0, 0.1) is 11.3 Å². The highest BCUT2D eigenvalue weighted by Crippen LogP contribution is 2.34. The molecule has 2 rings (SSSR count). The van der Waals surface area contributed by atoms with Crippen LogP contribution in [0.5, 0.6) is 0 Å². The minimum atomic E-state index is -4.63. The van der Waals surface area contributed by atoms with E-state index in [2.05, 4.69) is 15.3 Å². The lowest BCUT2D eigenvalue weighted by atomic mass is 10.1. The number of halogens is 3. The minimum absolute atomic E-state index is 0.142. The molecule has 0 aliphatic carbocycles. The summed E-state index contributed by atoms with van der Waals surface area (Å²) in [6.07, 6.45) is -4.33. The third kappa shape index (κ3) is 3.96. The maximum atomic E-state index is 13.2. The van der Waals surface area contributed by atoms with Crippen LogP contribution >= 0.6 is 0 Å².